The van der Waals surface area contributed by atoms with Crippen molar-refractivity contribution in [3.05, 3.63) is 108 Å². The molecule has 0 spiro atoms. The number of fused-ring (bicyclic) bond motifs is 1. The average Bonchev–Trinajstić information content (AvgIpc) is 2.83. The highest BCUT2D eigenvalue weighted by Gasteiger charge is 2.52. The maximum absolute atomic E-state index is 13.3. The van der Waals surface area contributed by atoms with E-state index >= 15 is 0 Å². The zero-order valence-corrected chi connectivity index (χ0v) is 17.2. The van der Waals surface area contributed by atoms with Gasteiger partial charge in [-0.3, -0.25) is 4.79 Å². The molecular formula is C27H23NO3. The van der Waals surface area contributed by atoms with Crippen LogP contribution in [0.3, 0.4) is 0 Å². The molecule has 1 heterocycles. The van der Waals surface area contributed by atoms with Gasteiger partial charge in [-0.1, -0.05) is 66.7 Å². The predicted octanol–water partition coefficient (Wildman–Crippen LogP) is 5.29. The highest BCUT2D eigenvalue weighted by molar-refractivity contribution is 6.03. The van der Waals surface area contributed by atoms with Crippen molar-refractivity contribution >= 4 is 22.4 Å². The van der Waals surface area contributed by atoms with Gasteiger partial charge in [0.2, 0.25) is 5.91 Å². The molecule has 154 valence electrons. The van der Waals surface area contributed by atoms with Crippen LogP contribution in [-0.2, 0) is 4.79 Å². The zero-order valence-electron chi connectivity index (χ0n) is 17.2. The molecule has 4 aromatic rings. The van der Waals surface area contributed by atoms with E-state index in [-0.39, 0.29) is 11.9 Å². The quantitative estimate of drug-likeness (QED) is 0.456. The third-order valence-electron chi connectivity index (χ3n) is 6.09. The molecule has 1 N–H and O–H groups in total. The van der Waals surface area contributed by atoms with Crippen LogP contribution in [0.5, 0.6) is 5.75 Å². The van der Waals surface area contributed by atoms with Gasteiger partial charge in [0.25, 0.3) is 0 Å². The van der Waals surface area contributed by atoms with Crippen LogP contribution in [-0.4, -0.2) is 18.1 Å². The van der Waals surface area contributed by atoms with Gasteiger partial charge in [-0.05, 0) is 52.2 Å². The maximum atomic E-state index is 13.3. The molecule has 0 aliphatic carbocycles. The van der Waals surface area contributed by atoms with Gasteiger partial charge < -0.3 is 14.7 Å². The number of anilines is 1. The Morgan fingerprint density at radius 1 is 0.839 bits per heavy atom. The summed E-state index contributed by atoms with van der Waals surface area (Å²) in [5, 5.41) is 13.5. The Morgan fingerprint density at radius 2 is 1.52 bits per heavy atom. The summed E-state index contributed by atoms with van der Waals surface area (Å²) in [6.07, 6.45) is -0.899. The van der Waals surface area contributed by atoms with Crippen molar-refractivity contribution in [3.8, 4) is 5.75 Å². The molecule has 5 rings (SSSR count). The normalized spacial score (nSPS) is 19.2. The van der Waals surface area contributed by atoms with Crippen LogP contribution in [0, 0.1) is 5.92 Å². The highest BCUT2D eigenvalue weighted by Crippen LogP contribution is 2.49. The second-order valence-electron chi connectivity index (χ2n) is 7.84. The van der Waals surface area contributed by atoms with Crippen molar-refractivity contribution in [1.29, 1.82) is 0 Å². The number of hydrogen-bond donors (Lipinski definition) is 1. The van der Waals surface area contributed by atoms with Crippen LogP contribution in [0.1, 0.15) is 23.3 Å². The summed E-state index contributed by atoms with van der Waals surface area (Å²) >= 11 is 0. The SMILES string of the molecule is COc1ccc(C2C([C@@H](O)c3ccc4ccccc4c3)C(=O)N2c2ccccc2)cc1. The Balaban J connectivity index is 1.54. The lowest BCUT2D eigenvalue weighted by Gasteiger charge is -2.49. The van der Waals surface area contributed by atoms with E-state index in [9.17, 15) is 9.90 Å². The van der Waals surface area contributed by atoms with E-state index in [1.807, 2.05) is 97.1 Å². The highest BCUT2D eigenvalue weighted by atomic mass is 16.5. The largest absolute Gasteiger partial charge is 0.497 e. The summed E-state index contributed by atoms with van der Waals surface area (Å²) < 4.78 is 5.29. The smallest absolute Gasteiger partial charge is 0.236 e. The van der Waals surface area contributed by atoms with Crippen LogP contribution < -0.4 is 9.64 Å². The third kappa shape index (κ3) is 3.35. The maximum Gasteiger partial charge on any atom is 0.236 e. The second-order valence-corrected chi connectivity index (χ2v) is 7.84. The van der Waals surface area contributed by atoms with Gasteiger partial charge in [0.1, 0.15) is 5.75 Å². The number of carbonyl (C=O) groups is 1. The van der Waals surface area contributed by atoms with Crippen LogP contribution in [0.15, 0.2) is 97.1 Å². The molecule has 1 aliphatic rings. The first kappa shape index (κ1) is 19.3. The van der Waals surface area contributed by atoms with Gasteiger partial charge in [0.05, 0.1) is 25.2 Å². The van der Waals surface area contributed by atoms with Crippen LogP contribution in [0.2, 0.25) is 0 Å². The number of ether oxygens (including phenoxy) is 1. The number of rotatable bonds is 5. The average molecular weight is 409 g/mol. The number of methoxy groups -OCH3 is 1. The Bertz CT molecular complexity index is 1220. The van der Waals surface area contributed by atoms with Crippen molar-refractivity contribution in [1.82, 2.24) is 0 Å². The third-order valence-corrected chi connectivity index (χ3v) is 6.09. The van der Waals surface area contributed by atoms with Gasteiger partial charge in [-0.15, -0.1) is 0 Å². The summed E-state index contributed by atoms with van der Waals surface area (Å²) in [7, 11) is 1.63. The first-order valence-electron chi connectivity index (χ1n) is 10.4. The van der Waals surface area contributed by atoms with Crippen LogP contribution >= 0.6 is 0 Å². The Morgan fingerprint density at radius 3 is 2.23 bits per heavy atom. The molecule has 0 radical (unpaired) electrons. The van der Waals surface area contributed by atoms with E-state index in [0.717, 1.165) is 33.3 Å². The molecule has 4 heteroatoms. The molecule has 0 aromatic heterocycles. The van der Waals surface area contributed by atoms with E-state index in [0.29, 0.717) is 0 Å². The van der Waals surface area contributed by atoms with E-state index in [1.165, 1.54) is 0 Å². The molecule has 1 aliphatic heterocycles. The number of para-hydroxylation sites is 1. The number of carbonyl (C=O) groups excluding carboxylic acids is 1. The summed E-state index contributed by atoms with van der Waals surface area (Å²) in [5.74, 6) is 0.120. The summed E-state index contributed by atoms with van der Waals surface area (Å²) in [6.45, 7) is 0. The molecule has 4 nitrogen and oxygen atoms in total. The summed E-state index contributed by atoms with van der Waals surface area (Å²) in [5.41, 5.74) is 2.55. The summed E-state index contributed by atoms with van der Waals surface area (Å²) in [6, 6.07) is 31.0. The van der Waals surface area contributed by atoms with Crippen molar-refractivity contribution in [2.24, 2.45) is 5.92 Å². The molecule has 3 atom stereocenters. The van der Waals surface area contributed by atoms with Crippen LogP contribution in [0.4, 0.5) is 5.69 Å². The Labute approximate surface area is 181 Å². The molecule has 31 heavy (non-hydrogen) atoms. The number of hydrogen-bond acceptors (Lipinski definition) is 3. The van der Waals surface area contributed by atoms with Gasteiger partial charge in [0, 0.05) is 5.69 Å². The molecule has 1 fully saturated rings. The van der Waals surface area contributed by atoms with E-state index in [2.05, 4.69) is 0 Å². The second kappa shape index (κ2) is 7.89. The van der Waals surface area contributed by atoms with Gasteiger partial charge >= 0.3 is 0 Å². The molecule has 0 saturated carbocycles. The summed E-state index contributed by atoms with van der Waals surface area (Å²) in [4.78, 5) is 15.1. The van der Waals surface area contributed by atoms with E-state index in [1.54, 1.807) is 12.0 Å². The fourth-order valence-electron chi connectivity index (χ4n) is 4.45. The molecule has 4 aromatic carbocycles. The standard InChI is InChI=1S/C27H23NO3/c1-31-23-15-13-19(14-16-23)25-24(27(30)28(25)22-9-3-2-4-10-22)26(29)21-12-11-18-7-5-6-8-20(18)17-21/h2-17,24-26,29H,1H3/t24?,25?,26-/m0/s1. The van der Waals surface area contributed by atoms with Crippen molar-refractivity contribution in [2.45, 2.75) is 12.1 Å². The predicted molar refractivity (Wildman–Crippen MR) is 122 cm³/mol. The first-order chi connectivity index (χ1) is 15.2. The first-order valence-corrected chi connectivity index (χ1v) is 10.4. The fourth-order valence-corrected chi connectivity index (χ4v) is 4.45. The van der Waals surface area contributed by atoms with E-state index in [4.69, 9.17) is 4.74 Å². The molecule has 0 bridgehead atoms. The molecule has 1 saturated heterocycles. The molecule has 2 unspecified atom stereocenters. The van der Waals surface area contributed by atoms with Crippen molar-refractivity contribution < 1.29 is 14.6 Å². The fraction of sp³-hybridized carbons (Fsp3) is 0.148. The lowest BCUT2D eigenvalue weighted by Crippen LogP contribution is -2.57. The number of nitrogens with zero attached hydrogens (tertiary/aromatic N) is 1. The lowest BCUT2D eigenvalue weighted by atomic mass is 9.76. The van der Waals surface area contributed by atoms with Gasteiger partial charge in [0.15, 0.2) is 0 Å². The lowest BCUT2D eigenvalue weighted by molar-refractivity contribution is -0.136. The minimum Gasteiger partial charge on any atom is -0.497 e. The van der Waals surface area contributed by atoms with Crippen LogP contribution in [0.25, 0.3) is 10.8 Å². The van der Waals surface area contributed by atoms with Crippen molar-refractivity contribution in [2.75, 3.05) is 12.0 Å². The number of aliphatic hydroxyl groups is 1. The number of amides is 1. The molecular weight excluding hydrogens is 386 g/mol. The monoisotopic (exact) mass is 409 g/mol. The van der Waals surface area contributed by atoms with Crippen molar-refractivity contribution in [3.63, 3.8) is 0 Å². The molecule has 1 amide bonds. The topological polar surface area (TPSA) is 49.8 Å². The minimum atomic E-state index is -0.899. The minimum absolute atomic E-state index is 0.0762. The Hall–Kier alpha value is -3.63. The van der Waals surface area contributed by atoms with Gasteiger partial charge in [-0.25, -0.2) is 0 Å². The zero-order chi connectivity index (χ0) is 21.4. The van der Waals surface area contributed by atoms with E-state index < -0.39 is 12.0 Å². The number of aliphatic hydroxyl groups excluding tert-OH is 1. The van der Waals surface area contributed by atoms with Gasteiger partial charge in [-0.2, -0.15) is 0 Å². The number of β-lactam (4-membered cyclic amide) rings is 1. The number of benzene rings is 4. The Kier molecular flexibility index (Phi) is 4.92.